The smallest absolute Gasteiger partial charge is 0.163 e. The molecule has 0 aliphatic rings. The van der Waals surface area contributed by atoms with Crippen molar-refractivity contribution in [2.24, 2.45) is 0 Å². The number of benzene rings is 1. The normalized spacial score (nSPS) is 12.0. The lowest BCUT2D eigenvalue weighted by atomic mass is 10.1. The van der Waals surface area contributed by atoms with E-state index in [2.05, 4.69) is 20.3 Å². The molecule has 3 rings (SSSR count). The highest BCUT2D eigenvalue weighted by atomic mass is 35.5. The Morgan fingerprint density at radius 1 is 1.12 bits per heavy atom. The van der Waals surface area contributed by atoms with Crippen LogP contribution in [0.4, 0.5) is 5.82 Å². The SMILES string of the molecule is CC[C@@H](O)CNc1cc(-c2ccc(Cl)cc2)nc(-c2cccnc2)n1. The number of hydrogen-bond donors (Lipinski definition) is 2. The first kappa shape index (κ1) is 17.3. The van der Waals surface area contributed by atoms with Gasteiger partial charge in [0.2, 0.25) is 0 Å². The molecule has 0 aliphatic heterocycles. The van der Waals surface area contributed by atoms with Gasteiger partial charge in [0.15, 0.2) is 5.82 Å². The van der Waals surface area contributed by atoms with Crippen LogP contribution in [0.5, 0.6) is 0 Å². The zero-order valence-corrected chi connectivity index (χ0v) is 14.6. The van der Waals surface area contributed by atoms with Crippen LogP contribution in [0.1, 0.15) is 13.3 Å². The molecule has 0 aliphatic carbocycles. The molecule has 0 saturated heterocycles. The van der Waals surface area contributed by atoms with Crippen LogP contribution in [0.15, 0.2) is 54.9 Å². The van der Waals surface area contributed by atoms with Gasteiger partial charge in [-0.25, -0.2) is 9.97 Å². The molecule has 0 bridgehead atoms. The van der Waals surface area contributed by atoms with Crippen molar-refractivity contribution in [1.29, 1.82) is 0 Å². The van der Waals surface area contributed by atoms with Crippen LogP contribution >= 0.6 is 11.6 Å². The number of nitrogens with one attached hydrogen (secondary N) is 1. The molecule has 0 amide bonds. The average molecular weight is 355 g/mol. The minimum atomic E-state index is -0.421. The average Bonchev–Trinajstić information content (AvgIpc) is 2.67. The van der Waals surface area contributed by atoms with E-state index in [1.165, 1.54) is 0 Å². The van der Waals surface area contributed by atoms with E-state index in [-0.39, 0.29) is 0 Å². The molecular formula is C19H19ClN4O. The first-order valence-electron chi connectivity index (χ1n) is 8.13. The van der Waals surface area contributed by atoms with Gasteiger partial charge in [0.1, 0.15) is 5.82 Å². The molecule has 2 N–H and O–H groups in total. The summed E-state index contributed by atoms with van der Waals surface area (Å²) in [5.74, 6) is 1.24. The number of hydrogen-bond acceptors (Lipinski definition) is 5. The number of aliphatic hydroxyl groups excluding tert-OH is 1. The van der Waals surface area contributed by atoms with Crippen LogP contribution < -0.4 is 5.32 Å². The fourth-order valence-electron chi connectivity index (χ4n) is 2.30. The first-order valence-corrected chi connectivity index (χ1v) is 8.51. The van der Waals surface area contributed by atoms with Crippen molar-refractivity contribution >= 4 is 17.4 Å². The topological polar surface area (TPSA) is 70.9 Å². The summed E-state index contributed by atoms with van der Waals surface area (Å²) < 4.78 is 0. The summed E-state index contributed by atoms with van der Waals surface area (Å²) in [5, 5.41) is 13.6. The van der Waals surface area contributed by atoms with Crippen LogP contribution in [-0.2, 0) is 0 Å². The number of rotatable bonds is 6. The second-order valence-electron chi connectivity index (χ2n) is 5.65. The maximum absolute atomic E-state index is 9.79. The Hall–Kier alpha value is -2.50. The highest BCUT2D eigenvalue weighted by molar-refractivity contribution is 6.30. The Bertz CT molecular complexity index is 825. The Kier molecular flexibility index (Phi) is 5.58. The summed E-state index contributed by atoms with van der Waals surface area (Å²) in [6.07, 6.45) is 3.70. The van der Waals surface area contributed by atoms with Gasteiger partial charge in [-0.1, -0.05) is 30.7 Å². The van der Waals surface area contributed by atoms with E-state index in [0.717, 1.165) is 16.8 Å². The van der Waals surface area contributed by atoms with Crippen molar-refractivity contribution in [3.05, 3.63) is 59.9 Å². The standard InChI is InChI=1S/C19H19ClN4O/c1-2-16(25)12-22-18-10-17(13-5-7-15(20)8-6-13)23-19(24-18)14-4-3-9-21-11-14/h3-11,16,25H,2,12H2,1H3,(H,22,23,24)/t16-/m1/s1. The number of anilines is 1. The lowest BCUT2D eigenvalue weighted by Crippen LogP contribution is -2.19. The Labute approximate surface area is 151 Å². The van der Waals surface area contributed by atoms with Gasteiger partial charge in [-0.3, -0.25) is 4.98 Å². The van der Waals surface area contributed by atoms with Crippen LogP contribution in [0.2, 0.25) is 5.02 Å². The fourth-order valence-corrected chi connectivity index (χ4v) is 2.42. The van der Waals surface area contributed by atoms with Gasteiger partial charge in [-0.2, -0.15) is 0 Å². The molecule has 0 saturated carbocycles. The summed E-state index contributed by atoms with van der Waals surface area (Å²) in [6.45, 7) is 2.37. The highest BCUT2D eigenvalue weighted by Crippen LogP contribution is 2.25. The Morgan fingerprint density at radius 2 is 1.92 bits per heavy atom. The van der Waals surface area contributed by atoms with Crippen LogP contribution in [0.25, 0.3) is 22.6 Å². The molecule has 3 aromatic rings. The van der Waals surface area contributed by atoms with Gasteiger partial charge in [0.05, 0.1) is 11.8 Å². The Morgan fingerprint density at radius 3 is 2.60 bits per heavy atom. The molecular weight excluding hydrogens is 336 g/mol. The van der Waals surface area contributed by atoms with Gasteiger partial charge >= 0.3 is 0 Å². The molecule has 0 radical (unpaired) electrons. The predicted molar refractivity (Wildman–Crippen MR) is 100 cm³/mol. The molecule has 0 unspecified atom stereocenters. The minimum Gasteiger partial charge on any atom is -0.391 e. The van der Waals surface area contributed by atoms with Gasteiger partial charge in [-0.15, -0.1) is 0 Å². The quantitative estimate of drug-likeness (QED) is 0.699. The van der Waals surface area contributed by atoms with Crippen LogP contribution in [0, 0.1) is 0 Å². The van der Waals surface area contributed by atoms with E-state index in [1.807, 2.05) is 49.4 Å². The predicted octanol–water partition coefficient (Wildman–Crippen LogP) is 4.04. The highest BCUT2D eigenvalue weighted by Gasteiger charge is 2.10. The fraction of sp³-hybridized carbons (Fsp3) is 0.211. The Balaban J connectivity index is 2.00. The molecule has 0 spiro atoms. The molecule has 1 atom stereocenters. The van der Waals surface area contributed by atoms with Crippen molar-refractivity contribution < 1.29 is 5.11 Å². The van der Waals surface area contributed by atoms with E-state index in [1.54, 1.807) is 12.4 Å². The van der Waals surface area contributed by atoms with Gasteiger partial charge in [0.25, 0.3) is 0 Å². The molecule has 25 heavy (non-hydrogen) atoms. The molecule has 2 heterocycles. The maximum Gasteiger partial charge on any atom is 0.163 e. The van der Waals surface area contributed by atoms with Crippen molar-refractivity contribution in [2.75, 3.05) is 11.9 Å². The van der Waals surface area contributed by atoms with E-state index in [4.69, 9.17) is 11.6 Å². The number of nitrogens with zero attached hydrogens (tertiary/aromatic N) is 3. The largest absolute Gasteiger partial charge is 0.391 e. The van der Waals surface area contributed by atoms with Crippen LogP contribution in [0.3, 0.4) is 0 Å². The second-order valence-corrected chi connectivity index (χ2v) is 6.09. The van der Waals surface area contributed by atoms with Crippen molar-refractivity contribution in [3.8, 4) is 22.6 Å². The number of pyridine rings is 1. The molecule has 5 nitrogen and oxygen atoms in total. The van der Waals surface area contributed by atoms with E-state index in [0.29, 0.717) is 29.6 Å². The molecule has 1 aromatic carbocycles. The lowest BCUT2D eigenvalue weighted by molar-refractivity contribution is 0.183. The number of aliphatic hydroxyl groups is 1. The minimum absolute atomic E-state index is 0.421. The maximum atomic E-state index is 9.79. The third-order valence-corrected chi connectivity index (χ3v) is 4.03. The zero-order valence-electron chi connectivity index (χ0n) is 13.9. The molecule has 2 aromatic heterocycles. The van der Waals surface area contributed by atoms with E-state index >= 15 is 0 Å². The second kappa shape index (κ2) is 8.05. The van der Waals surface area contributed by atoms with Crippen LogP contribution in [-0.4, -0.2) is 32.7 Å². The molecule has 6 heteroatoms. The number of halogens is 1. The summed E-state index contributed by atoms with van der Waals surface area (Å²) in [6, 6.07) is 13.1. The molecule has 128 valence electrons. The summed E-state index contributed by atoms with van der Waals surface area (Å²) in [5.41, 5.74) is 2.55. The third kappa shape index (κ3) is 4.53. The zero-order chi connectivity index (χ0) is 17.6. The van der Waals surface area contributed by atoms with Gasteiger partial charge < -0.3 is 10.4 Å². The lowest BCUT2D eigenvalue weighted by Gasteiger charge is -2.12. The first-order chi connectivity index (χ1) is 12.2. The van der Waals surface area contributed by atoms with E-state index in [9.17, 15) is 5.11 Å². The summed E-state index contributed by atoms with van der Waals surface area (Å²) in [4.78, 5) is 13.3. The van der Waals surface area contributed by atoms with Crippen molar-refractivity contribution in [2.45, 2.75) is 19.4 Å². The summed E-state index contributed by atoms with van der Waals surface area (Å²) in [7, 11) is 0. The van der Waals surface area contributed by atoms with E-state index < -0.39 is 6.10 Å². The summed E-state index contributed by atoms with van der Waals surface area (Å²) >= 11 is 5.98. The van der Waals surface area contributed by atoms with Crippen molar-refractivity contribution in [1.82, 2.24) is 15.0 Å². The number of aromatic nitrogens is 3. The van der Waals surface area contributed by atoms with Crippen molar-refractivity contribution in [3.63, 3.8) is 0 Å². The third-order valence-electron chi connectivity index (χ3n) is 3.78. The monoisotopic (exact) mass is 354 g/mol. The van der Waals surface area contributed by atoms with Gasteiger partial charge in [0, 0.05) is 41.2 Å². The molecule has 0 fully saturated rings. The van der Waals surface area contributed by atoms with Gasteiger partial charge in [-0.05, 0) is 30.7 Å².